The number of benzene rings is 1. The van der Waals surface area contributed by atoms with Gasteiger partial charge in [-0.15, -0.1) is 0 Å². The second kappa shape index (κ2) is 5.61. The molecule has 1 N–H and O–H groups in total. The van der Waals surface area contributed by atoms with Gasteiger partial charge in [0.25, 0.3) is 0 Å². The van der Waals surface area contributed by atoms with Gasteiger partial charge in [-0.3, -0.25) is 0 Å². The molecule has 0 radical (unpaired) electrons. The lowest BCUT2D eigenvalue weighted by Crippen LogP contribution is -2.47. The van der Waals surface area contributed by atoms with Crippen LogP contribution in [0.1, 0.15) is 29.5 Å². The molecular formula is C21H28NO3+. The topological polar surface area (TPSA) is 38.7 Å². The van der Waals surface area contributed by atoms with Crippen LogP contribution >= 0.6 is 0 Å². The number of aryl methyl sites for hydroxylation is 1. The highest BCUT2D eigenvalue weighted by atomic mass is 16.5. The Kier molecular flexibility index (Phi) is 3.74. The molecule has 1 unspecified atom stereocenters. The van der Waals surface area contributed by atoms with Gasteiger partial charge in [0.1, 0.15) is 12.6 Å². The van der Waals surface area contributed by atoms with E-state index in [1.54, 1.807) is 7.11 Å². The zero-order valence-electron chi connectivity index (χ0n) is 15.4. The van der Waals surface area contributed by atoms with E-state index >= 15 is 0 Å². The molecule has 0 bridgehead atoms. The molecule has 134 valence electrons. The van der Waals surface area contributed by atoms with E-state index in [1.165, 1.54) is 16.7 Å². The Morgan fingerprint density at radius 2 is 2.32 bits per heavy atom. The van der Waals surface area contributed by atoms with Crippen LogP contribution in [-0.4, -0.2) is 49.0 Å². The van der Waals surface area contributed by atoms with Gasteiger partial charge < -0.3 is 19.1 Å². The number of methoxy groups -OCH3 is 1. The SMILES string of the molecule is C=CC[N+]1(C)CC[C@@]23C=C[C@@H](O)C[C@H]2Oc2c(OC)cc(C)c(c23)C1. The van der Waals surface area contributed by atoms with Crippen molar-refractivity contribution in [1.82, 2.24) is 0 Å². The quantitative estimate of drug-likeness (QED) is 0.678. The van der Waals surface area contributed by atoms with Gasteiger partial charge >= 0.3 is 0 Å². The van der Waals surface area contributed by atoms with E-state index in [-0.39, 0.29) is 11.5 Å². The Hall–Kier alpha value is -1.78. The van der Waals surface area contributed by atoms with Crippen molar-refractivity contribution in [2.45, 2.75) is 43.9 Å². The van der Waals surface area contributed by atoms with Crippen molar-refractivity contribution < 1.29 is 19.1 Å². The molecular weight excluding hydrogens is 314 g/mol. The smallest absolute Gasteiger partial charge is 0.166 e. The molecule has 0 aromatic heterocycles. The number of hydrogen-bond donors (Lipinski definition) is 1. The van der Waals surface area contributed by atoms with Crippen LogP contribution in [0.5, 0.6) is 11.5 Å². The van der Waals surface area contributed by atoms with Crippen molar-refractivity contribution in [3.8, 4) is 11.5 Å². The van der Waals surface area contributed by atoms with Crippen LogP contribution in [-0.2, 0) is 12.0 Å². The third-order valence-electron chi connectivity index (χ3n) is 6.34. The second-order valence-corrected chi connectivity index (χ2v) is 8.11. The van der Waals surface area contributed by atoms with Gasteiger partial charge in [0, 0.05) is 24.0 Å². The fraction of sp³-hybridized carbons (Fsp3) is 0.524. The summed E-state index contributed by atoms with van der Waals surface area (Å²) in [7, 11) is 4.02. The molecule has 2 aliphatic heterocycles. The van der Waals surface area contributed by atoms with Crippen molar-refractivity contribution in [2.75, 3.05) is 27.2 Å². The number of likely N-dealkylation sites (N-methyl/N-ethyl adjacent to an activating group) is 1. The summed E-state index contributed by atoms with van der Waals surface area (Å²) in [6.07, 6.45) is 7.39. The predicted molar refractivity (Wildman–Crippen MR) is 98.0 cm³/mol. The molecule has 2 heterocycles. The van der Waals surface area contributed by atoms with Gasteiger partial charge in [0.2, 0.25) is 0 Å². The Balaban J connectivity index is 1.96. The van der Waals surface area contributed by atoms with Crippen LogP contribution in [0.3, 0.4) is 0 Å². The lowest BCUT2D eigenvalue weighted by Gasteiger charge is -2.37. The summed E-state index contributed by atoms with van der Waals surface area (Å²) < 4.78 is 13.0. The van der Waals surface area contributed by atoms with Crippen LogP contribution in [0.2, 0.25) is 0 Å². The molecule has 0 saturated heterocycles. The summed E-state index contributed by atoms with van der Waals surface area (Å²) in [5, 5.41) is 10.2. The van der Waals surface area contributed by atoms with E-state index < -0.39 is 6.10 Å². The van der Waals surface area contributed by atoms with Crippen molar-refractivity contribution in [3.05, 3.63) is 47.6 Å². The van der Waals surface area contributed by atoms with Crippen LogP contribution < -0.4 is 9.47 Å². The lowest BCUT2D eigenvalue weighted by atomic mass is 9.68. The average Bonchev–Trinajstić information content (AvgIpc) is 2.83. The van der Waals surface area contributed by atoms with Crippen LogP contribution in [0.25, 0.3) is 0 Å². The molecule has 1 aromatic carbocycles. The lowest BCUT2D eigenvalue weighted by molar-refractivity contribution is -0.917. The molecule has 1 aliphatic carbocycles. The second-order valence-electron chi connectivity index (χ2n) is 8.11. The monoisotopic (exact) mass is 342 g/mol. The fourth-order valence-corrected chi connectivity index (χ4v) is 4.96. The van der Waals surface area contributed by atoms with E-state index in [9.17, 15) is 5.11 Å². The van der Waals surface area contributed by atoms with Gasteiger partial charge in [-0.05, 0) is 24.6 Å². The fourth-order valence-electron chi connectivity index (χ4n) is 4.96. The summed E-state index contributed by atoms with van der Waals surface area (Å²) in [6, 6.07) is 2.10. The van der Waals surface area contributed by atoms with Crippen LogP contribution in [0.4, 0.5) is 0 Å². The summed E-state index contributed by atoms with van der Waals surface area (Å²) >= 11 is 0. The third kappa shape index (κ3) is 2.35. The maximum absolute atomic E-state index is 10.2. The van der Waals surface area contributed by atoms with Crippen molar-refractivity contribution >= 4 is 0 Å². The van der Waals surface area contributed by atoms with Crippen molar-refractivity contribution in [1.29, 1.82) is 0 Å². The molecule has 0 fully saturated rings. The first-order valence-corrected chi connectivity index (χ1v) is 9.12. The first kappa shape index (κ1) is 16.7. The van der Waals surface area contributed by atoms with Gasteiger partial charge in [0.05, 0.1) is 38.8 Å². The summed E-state index contributed by atoms with van der Waals surface area (Å²) in [5.74, 6) is 1.70. The van der Waals surface area contributed by atoms with Gasteiger partial charge in [0.15, 0.2) is 11.5 Å². The zero-order valence-corrected chi connectivity index (χ0v) is 15.4. The van der Waals surface area contributed by atoms with E-state index in [0.29, 0.717) is 6.42 Å². The summed E-state index contributed by atoms with van der Waals surface area (Å²) in [5.41, 5.74) is 3.78. The summed E-state index contributed by atoms with van der Waals surface area (Å²) in [6.45, 7) is 9.12. The predicted octanol–water partition coefficient (Wildman–Crippen LogP) is 2.86. The number of ether oxygens (including phenoxy) is 2. The molecule has 1 spiro atoms. The minimum absolute atomic E-state index is 0.0211. The molecule has 4 heteroatoms. The highest BCUT2D eigenvalue weighted by Gasteiger charge is 2.55. The Morgan fingerprint density at radius 3 is 3.04 bits per heavy atom. The van der Waals surface area contributed by atoms with Gasteiger partial charge in [-0.1, -0.05) is 18.7 Å². The first-order valence-electron chi connectivity index (χ1n) is 9.12. The average molecular weight is 342 g/mol. The number of aliphatic hydroxyl groups is 1. The molecule has 0 saturated carbocycles. The Labute approximate surface area is 149 Å². The number of quaternary nitrogens is 1. The molecule has 25 heavy (non-hydrogen) atoms. The Bertz CT molecular complexity index is 756. The zero-order chi connectivity index (χ0) is 17.8. The first-order chi connectivity index (χ1) is 11.9. The number of hydrogen-bond acceptors (Lipinski definition) is 3. The van der Waals surface area contributed by atoms with E-state index in [0.717, 1.165) is 42.0 Å². The minimum Gasteiger partial charge on any atom is -0.493 e. The van der Waals surface area contributed by atoms with E-state index in [4.69, 9.17) is 9.47 Å². The standard InChI is InChI=1S/C21H28NO3/c1-5-9-22(3)10-8-21-7-6-15(23)12-18(21)25-20-17(24-4)11-14(2)16(13-22)19(20)21/h5-7,11,15,18,23H,1,8-10,12-13H2,2-4H3/q+1/t15-,18-,21+,22?/m1/s1. The Morgan fingerprint density at radius 1 is 1.52 bits per heavy atom. The molecule has 0 amide bonds. The summed E-state index contributed by atoms with van der Waals surface area (Å²) in [4.78, 5) is 0. The number of aliphatic hydroxyl groups excluding tert-OH is 1. The van der Waals surface area contributed by atoms with Crippen LogP contribution in [0.15, 0.2) is 30.9 Å². The molecule has 4 atom stereocenters. The largest absolute Gasteiger partial charge is 0.493 e. The van der Waals surface area contributed by atoms with Crippen molar-refractivity contribution in [3.63, 3.8) is 0 Å². The molecule has 1 aromatic rings. The third-order valence-corrected chi connectivity index (χ3v) is 6.34. The maximum atomic E-state index is 10.2. The van der Waals surface area contributed by atoms with E-state index in [1.807, 2.05) is 12.2 Å². The van der Waals surface area contributed by atoms with Crippen molar-refractivity contribution in [2.24, 2.45) is 0 Å². The minimum atomic E-state index is -0.433. The number of rotatable bonds is 3. The van der Waals surface area contributed by atoms with Gasteiger partial charge in [-0.2, -0.15) is 0 Å². The molecule has 3 aliphatic rings. The highest BCUT2D eigenvalue weighted by molar-refractivity contribution is 5.63. The van der Waals surface area contributed by atoms with Gasteiger partial charge in [-0.25, -0.2) is 0 Å². The molecule has 4 nitrogen and oxygen atoms in total. The normalized spacial score (nSPS) is 35.4. The maximum Gasteiger partial charge on any atom is 0.166 e. The van der Waals surface area contributed by atoms with Crippen LogP contribution in [0, 0.1) is 6.92 Å². The number of nitrogens with zero attached hydrogens (tertiary/aromatic N) is 1. The molecule has 4 rings (SSSR count). The van der Waals surface area contributed by atoms with E-state index in [2.05, 4.69) is 32.7 Å². The highest BCUT2D eigenvalue weighted by Crippen LogP contribution is 2.57.